The molecule has 1 unspecified atom stereocenters. The van der Waals surface area contributed by atoms with Gasteiger partial charge in [-0.25, -0.2) is 0 Å². The summed E-state index contributed by atoms with van der Waals surface area (Å²) in [5.74, 6) is 0.238. The molecule has 3 heteroatoms. The third-order valence-electron chi connectivity index (χ3n) is 3.46. The van der Waals surface area contributed by atoms with E-state index in [1.807, 2.05) is 6.92 Å². The van der Waals surface area contributed by atoms with Crippen molar-refractivity contribution in [2.75, 3.05) is 6.61 Å². The normalized spacial score (nSPS) is 24.8. The lowest BCUT2D eigenvalue weighted by atomic mass is 9.89. The summed E-state index contributed by atoms with van der Waals surface area (Å²) in [5, 5.41) is 0. The zero-order valence-electron chi connectivity index (χ0n) is 10.6. The molecule has 2 heterocycles. The minimum atomic E-state index is -0.533. The molecule has 1 aromatic rings. The van der Waals surface area contributed by atoms with Gasteiger partial charge in [-0.2, -0.15) is 0 Å². The van der Waals surface area contributed by atoms with E-state index in [1.165, 1.54) is 9.75 Å². The van der Waals surface area contributed by atoms with Gasteiger partial charge >= 0.3 is 0 Å². The first-order valence-electron chi connectivity index (χ1n) is 6.39. The molecule has 2 nitrogen and oxygen atoms in total. The third-order valence-corrected chi connectivity index (χ3v) is 4.69. The van der Waals surface area contributed by atoms with E-state index >= 15 is 0 Å². The average molecular weight is 252 g/mol. The Bertz CT molecular complexity index is 389. The minimum Gasteiger partial charge on any atom is -0.367 e. The molecule has 94 valence electrons. The number of Topliss-reactive ketones (excluding diaryl/α,β-unsaturated/α-hetero) is 1. The van der Waals surface area contributed by atoms with Crippen LogP contribution in [0.2, 0.25) is 0 Å². The smallest absolute Gasteiger partial charge is 0.169 e. The maximum atomic E-state index is 12.3. The molecule has 0 radical (unpaired) electrons. The standard InChI is InChI=1S/C14H20O2S/c1-3-11-6-7-12(17-11)10-13(15)14(2)8-4-5-9-16-14/h6-7H,3-5,8-10H2,1-2H3. The molecule has 0 spiro atoms. The maximum Gasteiger partial charge on any atom is 0.169 e. The number of carbonyl (C=O) groups is 1. The van der Waals surface area contributed by atoms with Gasteiger partial charge in [0.2, 0.25) is 0 Å². The Morgan fingerprint density at radius 2 is 2.18 bits per heavy atom. The molecule has 17 heavy (non-hydrogen) atoms. The van der Waals surface area contributed by atoms with Crippen molar-refractivity contribution in [2.45, 2.75) is 51.6 Å². The Labute approximate surface area is 107 Å². The highest BCUT2D eigenvalue weighted by atomic mass is 32.1. The van der Waals surface area contributed by atoms with E-state index in [0.29, 0.717) is 6.42 Å². The van der Waals surface area contributed by atoms with E-state index in [1.54, 1.807) is 11.3 Å². The molecule has 0 aliphatic carbocycles. The van der Waals surface area contributed by atoms with Crippen LogP contribution < -0.4 is 0 Å². The van der Waals surface area contributed by atoms with E-state index in [9.17, 15) is 4.79 Å². The number of rotatable bonds is 4. The van der Waals surface area contributed by atoms with Crippen LogP contribution in [0.3, 0.4) is 0 Å². The number of ether oxygens (including phenoxy) is 1. The Hall–Kier alpha value is -0.670. The first-order chi connectivity index (χ1) is 8.14. The predicted octanol–water partition coefficient (Wildman–Crippen LogP) is 3.38. The van der Waals surface area contributed by atoms with Gasteiger partial charge in [0.05, 0.1) is 0 Å². The van der Waals surface area contributed by atoms with E-state index in [2.05, 4.69) is 19.1 Å². The molecule has 1 fully saturated rings. The topological polar surface area (TPSA) is 26.3 Å². The summed E-state index contributed by atoms with van der Waals surface area (Å²) < 4.78 is 5.69. The van der Waals surface area contributed by atoms with Gasteiger partial charge < -0.3 is 4.74 Å². The largest absolute Gasteiger partial charge is 0.367 e. The van der Waals surface area contributed by atoms with Gasteiger partial charge in [-0.3, -0.25) is 4.79 Å². The van der Waals surface area contributed by atoms with Gasteiger partial charge in [-0.05, 0) is 44.7 Å². The molecular weight excluding hydrogens is 232 g/mol. The van der Waals surface area contributed by atoms with E-state index in [0.717, 1.165) is 32.3 Å². The lowest BCUT2D eigenvalue weighted by molar-refractivity contribution is -0.147. The summed E-state index contributed by atoms with van der Waals surface area (Å²) in [6.07, 6.45) is 4.64. The monoisotopic (exact) mass is 252 g/mol. The molecule has 1 aromatic heterocycles. The predicted molar refractivity (Wildman–Crippen MR) is 70.6 cm³/mol. The van der Waals surface area contributed by atoms with Gasteiger partial charge in [0, 0.05) is 22.8 Å². The van der Waals surface area contributed by atoms with Gasteiger partial charge in [0.1, 0.15) is 5.60 Å². The second-order valence-corrected chi connectivity index (χ2v) is 6.11. The molecule has 1 atom stereocenters. The van der Waals surface area contributed by atoms with E-state index in [4.69, 9.17) is 4.74 Å². The average Bonchev–Trinajstić information content (AvgIpc) is 2.78. The molecule has 1 aliphatic heterocycles. The molecule has 1 saturated heterocycles. The zero-order chi connectivity index (χ0) is 12.3. The van der Waals surface area contributed by atoms with E-state index in [-0.39, 0.29) is 5.78 Å². The Kier molecular flexibility index (Phi) is 4.00. The van der Waals surface area contributed by atoms with Crippen LogP contribution in [0.5, 0.6) is 0 Å². The summed E-state index contributed by atoms with van der Waals surface area (Å²) in [5.41, 5.74) is -0.533. The fourth-order valence-corrected chi connectivity index (χ4v) is 3.16. The minimum absolute atomic E-state index is 0.238. The van der Waals surface area contributed by atoms with Crippen molar-refractivity contribution >= 4 is 17.1 Å². The van der Waals surface area contributed by atoms with Crippen molar-refractivity contribution in [2.24, 2.45) is 0 Å². The molecule has 0 saturated carbocycles. The molecule has 2 rings (SSSR count). The zero-order valence-corrected chi connectivity index (χ0v) is 11.4. The second-order valence-electron chi connectivity index (χ2n) is 4.86. The fraction of sp³-hybridized carbons (Fsp3) is 0.643. The third kappa shape index (κ3) is 2.96. The summed E-state index contributed by atoms with van der Waals surface area (Å²) in [7, 11) is 0. The van der Waals surface area contributed by atoms with Crippen LogP contribution in [0.1, 0.15) is 42.9 Å². The fourth-order valence-electron chi connectivity index (χ4n) is 2.21. The van der Waals surface area contributed by atoms with E-state index < -0.39 is 5.60 Å². The summed E-state index contributed by atoms with van der Waals surface area (Å²) in [6, 6.07) is 4.20. The number of ketones is 1. The van der Waals surface area contributed by atoms with Crippen LogP contribution in [0.4, 0.5) is 0 Å². The Balaban J connectivity index is 2.00. The van der Waals surface area contributed by atoms with Crippen LogP contribution in [0.25, 0.3) is 0 Å². The highest BCUT2D eigenvalue weighted by molar-refractivity contribution is 7.12. The number of aryl methyl sites for hydroxylation is 1. The molecule has 0 bridgehead atoms. The van der Waals surface area contributed by atoms with Crippen LogP contribution in [-0.4, -0.2) is 18.0 Å². The number of thiophene rings is 1. The molecule has 0 amide bonds. The summed E-state index contributed by atoms with van der Waals surface area (Å²) in [4.78, 5) is 14.8. The van der Waals surface area contributed by atoms with Crippen LogP contribution in [-0.2, 0) is 22.4 Å². The Morgan fingerprint density at radius 1 is 1.41 bits per heavy atom. The van der Waals surface area contributed by atoms with Crippen molar-refractivity contribution in [1.29, 1.82) is 0 Å². The molecule has 1 aliphatic rings. The lowest BCUT2D eigenvalue weighted by Crippen LogP contribution is -2.42. The number of hydrogen-bond donors (Lipinski definition) is 0. The number of carbonyl (C=O) groups excluding carboxylic acids is 1. The van der Waals surface area contributed by atoms with Crippen LogP contribution in [0, 0.1) is 0 Å². The lowest BCUT2D eigenvalue weighted by Gasteiger charge is -2.32. The molecular formula is C14H20O2S. The quantitative estimate of drug-likeness (QED) is 0.821. The van der Waals surface area contributed by atoms with Crippen molar-refractivity contribution in [3.63, 3.8) is 0 Å². The summed E-state index contributed by atoms with van der Waals surface area (Å²) in [6.45, 7) is 4.82. The first kappa shape index (κ1) is 12.8. The SMILES string of the molecule is CCc1ccc(CC(=O)C2(C)CCCCO2)s1. The van der Waals surface area contributed by atoms with Gasteiger partial charge in [0.15, 0.2) is 5.78 Å². The second kappa shape index (κ2) is 5.32. The van der Waals surface area contributed by atoms with Crippen molar-refractivity contribution in [3.05, 3.63) is 21.9 Å². The van der Waals surface area contributed by atoms with Gasteiger partial charge in [0.25, 0.3) is 0 Å². The van der Waals surface area contributed by atoms with Gasteiger partial charge in [-0.15, -0.1) is 11.3 Å². The molecule has 0 N–H and O–H groups in total. The van der Waals surface area contributed by atoms with Crippen molar-refractivity contribution in [3.8, 4) is 0 Å². The van der Waals surface area contributed by atoms with Crippen LogP contribution in [0.15, 0.2) is 12.1 Å². The maximum absolute atomic E-state index is 12.3. The highest BCUT2D eigenvalue weighted by Crippen LogP contribution is 2.28. The van der Waals surface area contributed by atoms with Crippen molar-refractivity contribution in [1.82, 2.24) is 0 Å². The Morgan fingerprint density at radius 3 is 2.76 bits per heavy atom. The molecule has 0 aromatic carbocycles. The van der Waals surface area contributed by atoms with Crippen LogP contribution >= 0.6 is 11.3 Å². The highest BCUT2D eigenvalue weighted by Gasteiger charge is 2.35. The summed E-state index contributed by atoms with van der Waals surface area (Å²) >= 11 is 1.75. The first-order valence-corrected chi connectivity index (χ1v) is 7.20. The van der Waals surface area contributed by atoms with Crippen molar-refractivity contribution < 1.29 is 9.53 Å². The number of hydrogen-bond acceptors (Lipinski definition) is 3. The van der Waals surface area contributed by atoms with Gasteiger partial charge in [-0.1, -0.05) is 6.92 Å².